The molecule has 1 atom stereocenters. The van der Waals surface area contributed by atoms with Crippen molar-refractivity contribution in [3.8, 4) is 0 Å². The minimum absolute atomic E-state index is 0. The van der Waals surface area contributed by atoms with E-state index in [4.69, 9.17) is 11.6 Å². The molecule has 1 nitrogen and oxygen atoms in total. The minimum atomic E-state index is 0. The average molecular weight is 274 g/mol. The van der Waals surface area contributed by atoms with Crippen LogP contribution in [0.1, 0.15) is 38.2 Å². The molecule has 17 heavy (non-hydrogen) atoms. The first-order chi connectivity index (χ1) is 7.66. The molecule has 96 valence electrons. The molecule has 1 aromatic carbocycles. The molecule has 2 rings (SSSR count). The van der Waals surface area contributed by atoms with Crippen LogP contribution in [0.4, 0.5) is 0 Å². The second-order valence-electron chi connectivity index (χ2n) is 5.03. The summed E-state index contributed by atoms with van der Waals surface area (Å²) < 4.78 is 0. The van der Waals surface area contributed by atoms with Gasteiger partial charge < -0.3 is 5.32 Å². The number of hydrogen-bond donors (Lipinski definition) is 1. The highest BCUT2D eigenvalue weighted by Gasteiger charge is 2.39. The Morgan fingerprint density at radius 1 is 1.29 bits per heavy atom. The molecule has 1 fully saturated rings. The van der Waals surface area contributed by atoms with Gasteiger partial charge in [-0.1, -0.05) is 30.2 Å². The van der Waals surface area contributed by atoms with E-state index in [0.717, 1.165) is 5.02 Å². The molecule has 0 heterocycles. The topological polar surface area (TPSA) is 12.0 Å². The summed E-state index contributed by atoms with van der Waals surface area (Å²) >= 11 is 5.94. The van der Waals surface area contributed by atoms with Crippen molar-refractivity contribution in [3.63, 3.8) is 0 Å². The zero-order valence-corrected chi connectivity index (χ0v) is 12.1. The summed E-state index contributed by atoms with van der Waals surface area (Å²) in [5.41, 5.74) is 1.87. The number of benzene rings is 1. The first kappa shape index (κ1) is 14.8. The Hall–Kier alpha value is -0.240. The van der Waals surface area contributed by atoms with Crippen molar-refractivity contribution in [2.75, 3.05) is 7.05 Å². The quantitative estimate of drug-likeness (QED) is 0.868. The Labute approximate surface area is 115 Å². The minimum Gasteiger partial charge on any atom is -0.317 e. The Morgan fingerprint density at radius 3 is 2.29 bits per heavy atom. The van der Waals surface area contributed by atoms with Crippen LogP contribution in [-0.4, -0.2) is 13.1 Å². The van der Waals surface area contributed by atoms with Crippen molar-refractivity contribution in [2.24, 2.45) is 0 Å². The summed E-state index contributed by atoms with van der Waals surface area (Å²) in [6, 6.07) is 9.01. The van der Waals surface area contributed by atoms with Crippen LogP contribution in [0.3, 0.4) is 0 Å². The van der Waals surface area contributed by atoms with E-state index in [9.17, 15) is 0 Å². The molecule has 0 radical (unpaired) electrons. The average Bonchev–Trinajstić information content (AvgIpc) is 2.24. The SMILES string of the molecule is CNC(C)CC1(c2ccc(Cl)cc2)CCC1.Cl. The predicted octanol–water partition coefficient (Wildman–Crippen LogP) is 4.18. The third-order valence-corrected chi connectivity index (χ3v) is 4.21. The van der Waals surface area contributed by atoms with Crippen LogP contribution in [0.25, 0.3) is 0 Å². The third-order valence-electron chi connectivity index (χ3n) is 3.96. The lowest BCUT2D eigenvalue weighted by molar-refractivity contribution is 0.206. The number of halogens is 2. The van der Waals surface area contributed by atoms with Gasteiger partial charge >= 0.3 is 0 Å². The Balaban J connectivity index is 0.00000144. The van der Waals surface area contributed by atoms with Crippen LogP contribution in [-0.2, 0) is 5.41 Å². The van der Waals surface area contributed by atoms with Gasteiger partial charge in [0.05, 0.1) is 0 Å². The summed E-state index contributed by atoms with van der Waals surface area (Å²) in [6.45, 7) is 2.26. The van der Waals surface area contributed by atoms with Gasteiger partial charge in [0.1, 0.15) is 0 Å². The zero-order chi connectivity index (χ0) is 11.6. The molecule has 1 aliphatic rings. The van der Waals surface area contributed by atoms with Gasteiger partial charge in [0.15, 0.2) is 0 Å². The second-order valence-corrected chi connectivity index (χ2v) is 5.47. The Bertz CT molecular complexity index is 344. The molecule has 3 heteroatoms. The van der Waals surface area contributed by atoms with E-state index < -0.39 is 0 Å². The van der Waals surface area contributed by atoms with Gasteiger partial charge in [0, 0.05) is 11.1 Å². The molecule has 1 unspecified atom stereocenters. The standard InChI is InChI=1S/C14H20ClN.ClH/c1-11(16-2)10-14(8-3-9-14)12-4-6-13(15)7-5-12;/h4-7,11,16H,3,8-10H2,1-2H3;1H. The molecule has 0 amide bonds. The van der Waals surface area contributed by atoms with Gasteiger partial charge in [0.2, 0.25) is 0 Å². The number of nitrogens with one attached hydrogen (secondary N) is 1. The van der Waals surface area contributed by atoms with Crippen LogP contribution < -0.4 is 5.32 Å². The highest BCUT2D eigenvalue weighted by molar-refractivity contribution is 6.30. The number of rotatable bonds is 4. The predicted molar refractivity (Wildman–Crippen MR) is 77.4 cm³/mol. The van der Waals surface area contributed by atoms with Crippen LogP contribution in [0.15, 0.2) is 24.3 Å². The summed E-state index contributed by atoms with van der Waals surface area (Å²) in [6.07, 6.45) is 5.23. The molecule has 1 aromatic rings. The highest BCUT2D eigenvalue weighted by Crippen LogP contribution is 2.47. The largest absolute Gasteiger partial charge is 0.317 e. The normalized spacial score (nSPS) is 19.0. The molecular weight excluding hydrogens is 253 g/mol. The maximum atomic E-state index is 5.94. The van der Waals surface area contributed by atoms with Crippen molar-refractivity contribution >= 4 is 24.0 Å². The van der Waals surface area contributed by atoms with E-state index in [2.05, 4.69) is 24.4 Å². The molecule has 0 aliphatic heterocycles. The molecule has 0 bridgehead atoms. The maximum absolute atomic E-state index is 5.94. The number of hydrogen-bond acceptors (Lipinski definition) is 1. The molecule has 0 aromatic heterocycles. The first-order valence-electron chi connectivity index (χ1n) is 6.10. The van der Waals surface area contributed by atoms with E-state index in [1.165, 1.54) is 31.2 Å². The lowest BCUT2D eigenvalue weighted by atomic mass is 9.61. The van der Waals surface area contributed by atoms with Crippen LogP contribution in [0, 0.1) is 0 Å². The Kier molecular flexibility index (Phi) is 5.30. The molecular formula is C14H21Cl2N. The molecule has 1 N–H and O–H groups in total. The van der Waals surface area contributed by atoms with E-state index in [-0.39, 0.29) is 12.4 Å². The van der Waals surface area contributed by atoms with Crippen molar-refractivity contribution < 1.29 is 0 Å². The fourth-order valence-electron chi connectivity index (χ4n) is 2.71. The summed E-state index contributed by atoms with van der Waals surface area (Å²) in [5, 5.41) is 4.18. The first-order valence-corrected chi connectivity index (χ1v) is 6.47. The molecule has 1 aliphatic carbocycles. The maximum Gasteiger partial charge on any atom is 0.0406 e. The zero-order valence-electron chi connectivity index (χ0n) is 10.5. The lowest BCUT2D eigenvalue weighted by Crippen LogP contribution is -2.40. The summed E-state index contributed by atoms with van der Waals surface area (Å²) in [5.74, 6) is 0. The van der Waals surface area contributed by atoms with Crippen molar-refractivity contribution in [1.82, 2.24) is 5.32 Å². The van der Waals surface area contributed by atoms with Crippen molar-refractivity contribution in [1.29, 1.82) is 0 Å². The van der Waals surface area contributed by atoms with E-state index >= 15 is 0 Å². The van der Waals surface area contributed by atoms with Crippen molar-refractivity contribution in [2.45, 2.75) is 44.1 Å². The Morgan fingerprint density at radius 2 is 1.88 bits per heavy atom. The molecule has 0 spiro atoms. The molecule has 1 saturated carbocycles. The summed E-state index contributed by atoms with van der Waals surface area (Å²) in [7, 11) is 2.04. The van der Waals surface area contributed by atoms with Crippen LogP contribution in [0.5, 0.6) is 0 Å². The highest BCUT2D eigenvalue weighted by atomic mass is 35.5. The lowest BCUT2D eigenvalue weighted by Gasteiger charge is -2.44. The van der Waals surface area contributed by atoms with Gasteiger partial charge in [-0.2, -0.15) is 0 Å². The molecule has 0 saturated heterocycles. The third kappa shape index (κ3) is 3.15. The smallest absolute Gasteiger partial charge is 0.0406 e. The van der Waals surface area contributed by atoms with Gasteiger partial charge in [-0.15, -0.1) is 12.4 Å². The fourth-order valence-corrected chi connectivity index (χ4v) is 2.83. The van der Waals surface area contributed by atoms with E-state index in [1.807, 2.05) is 19.2 Å². The second kappa shape index (κ2) is 6.08. The van der Waals surface area contributed by atoms with Gasteiger partial charge in [-0.25, -0.2) is 0 Å². The van der Waals surface area contributed by atoms with Crippen LogP contribution in [0.2, 0.25) is 5.02 Å². The monoisotopic (exact) mass is 273 g/mol. The van der Waals surface area contributed by atoms with E-state index in [1.54, 1.807) is 0 Å². The fraction of sp³-hybridized carbons (Fsp3) is 0.571. The van der Waals surface area contributed by atoms with E-state index in [0.29, 0.717) is 11.5 Å². The van der Waals surface area contributed by atoms with Gasteiger partial charge in [-0.05, 0) is 56.3 Å². The van der Waals surface area contributed by atoms with Crippen LogP contribution >= 0.6 is 24.0 Å². The van der Waals surface area contributed by atoms with Gasteiger partial charge in [-0.3, -0.25) is 0 Å². The van der Waals surface area contributed by atoms with Crippen molar-refractivity contribution in [3.05, 3.63) is 34.9 Å². The summed E-state index contributed by atoms with van der Waals surface area (Å²) in [4.78, 5) is 0. The van der Waals surface area contributed by atoms with Gasteiger partial charge in [0.25, 0.3) is 0 Å².